The lowest BCUT2D eigenvalue weighted by atomic mass is 9.96. The third-order valence-electron chi connectivity index (χ3n) is 5.10. The van der Waals surface area contributed by atoms with Crippen LogP contribution in [0.25, 0.3) is 22.2 Å². The van der Waals surface area contributed by atoms with Crippen molar-refractivity contribution in [2.45, 2.75) is 12.8 Å². The van der Waals surface area contributed by atoms with Gasteiger partial charge in [0.15, 0.2) is 0 Å². The van der Waals surface area contributed by atoms with E-state index >= 15 is 0 Å². The molecule has 2 aromatic carbocycles. The van der Waals surface area contributed by atoms with Crippen LogP contribution < -0.4 is 10.6 Å². The highest BCUT2D eigenvalue weighted by Crippen LogP contribution is 2.37. The number of aromatic nitrogens is 3. The van der Waals surface area contributed by atoms with Crippen molar-refractivity contribution in [3.05, 3.63) is 81.9 Å². The molecule has 138 valence electrons. The van der Waals surface area contributed by atoms with Crippen molar-refractivity contribution in [1.29, 1.82) is 0 Å². The summed E-state index contributed by atoms with van der Waals surface area (Å²) >= 11 is 6.18. The van der Waals surface area contributed by atoms with Crippen molar-refractivity contribution in [3.63, 3.8) is 0 Å². The predicted octanol–water partition coefficient (Wildman–Crippen LogP) is 4.72. The second-order valence-electron chi connectivity index (χ2n) is 6.87. The molecule has 3 heterocycles. The quantitative estimate of drug-likeness (QED) is 0.539. The van der Waals surface area contributed by atoms with E-state index in [2.05, 4.69) is 38.1 Å². The fraction of sp³-hybridized carbons (Fsp3) is 0.136. The van der Waals surface area contributed by atoms with Crippen molar-refractivity contribution in [2.75, 3.05) is 11.4 Å². The highest BCUT2D eigenvalue weighted by molar-refractivity contribution is 6.30. The molecule has 28 heavy (non-hydrogen) atoms. The zero-order valence-electron chi connectivity index (χ0n) is 15.0. The van der Waals surface area contributed by atoms with Crippen LogP contribution in [-0.2, 0) is 6.42 Å². The molecule has 0 atom stereocenters. The molecule has 0 saturated carbocycles. The van der Waals surface area contributed by atoms with Gasteiger partial charge in [-0.25, -0.2) is 9.78 Å². The number of nitrogens with zero attached hydrogens (tertiary/aromatic N) is 3. The molecule has 0 radical (unpaired) electrons. The van der Waals surface area contributed by atoms with Crippen molar-refractivity contribution in [2.24, 2.45) is 0 Å². The monoisotopic (exact) mass is 388 g/mol. The summed E-state index contributed by atoms with van der Waals surface area (Å²) in [5.74, 6) is 0.649. The highest BCUT2D eigenvalue weighted by atomic mass is 35.5. The number of hydrogen-bond donors (Lipinski definition) is 1. The molecule has 1 aliphatic rings. The fourth-order valence-corrected chi connectivity index (χ4v) is 4.01. The number of aryl methyl sites for hydroxylation is 1. The summed E-state index contributed by atoms with van der Waals surface area (Å²) in [5.41, 5.74) is 4.63. The normalized spacial score (nSPS) is 13.5. The summed E-state index contributed by atoms with van der Waals surface area (Å²) in [5, 5.41) is 1.54. The Morgan fingerprint density at radius 2 is 1.93 bits per heavy atom. The number of pyridine rings is 1. The minimum Gasteiger partial charge on any atom is -0.325 e. The Morgan fingerprint density at radius 3 is 2.82 bits per heavy atom. The second kappa shape index (κ2) is 6.77. The molecule has 1 N–H and O–H groups in total. The van der Waals surface area contributed by atoms with E-state index in [-0.39, 0.29) is 5.69 Å². The molecule has 0 saturated heterocycles. The maximum absolute atomic E-state index is 12.1. The van der Waals surface area contributed by atoms with Gasteiger partial charge in [-0.1, -0.05) is 35.9 Å². The van der Waals surface area contributed by atoms with Crippen molar-refractivity contribution in [1.82, 2.24) is 15.0 Å². The first-order valence-electron chi connectivity index (χ1n) is 9.20. The van der Waals surface area contributed by atoms with E-state index in [9.17, 15) is 4.79 Å². The van der Waals surface area contributed by atoms with Crippen LogP contribution in [0.2, 0.25) is 5.02 Å². The lowest BCUT2D eigenvalue weighted by molar-refractivity contribution is 0.759. The molecule has 0 spiro atoms. The molecule has 5 nitrogen and oxygen atoms in total. The zero-order valence-corrected chi connectivity index (χ0v) is 15.8. The Kier molecular flexibility index (Phi) is 4.10. The Hall–Kier alpha value is -3.18. The lowest BCUT2D eigenvalue weighted by Gasteiger charge is -2.31. The molecule has 0 amide bonds. The number of hydrogen-bond acceptors (Lipinski definition) is 4. The van der Waals surface area contributed by atoms with Gasteiger partial charge in [-0.3, -0.25) is 4.98 Å². The summed E-state index contributed by atoms with van der Waals surface area (Å²) < 4.78 is 0. The van der Waals surface area contributed by atoms with Crippen molar-refractivity contribution < 1.29 is 0 Å². The van der Waals surface area contributed by atoms with E-state index in [1.54, 1.807) is 6.20 Å². The average molecular weight is 389 g/mol. The summed E-state index contributed by atoms with van der Waals surface area (Å²) in [7, 11) is 0. The third kappa shape index (κ3) is 2.94. The second-order valence-corrected chi connectivity index (χ2v) is 7.31. The first-order chi connectivity index (χ1) is 13.7. The molecule has 0 unspecified atom stereocenters. The topological polar surface area (TPSA) is 61.9 Å². The van der Waals surface area contributed by atoms with Gasteiger partial charge in [-0.2, -0.15) is 4.98 Å². The Morgan fingerprint density at radius 1 is 1.04 bits per heavy atom. The van der Waals surface area contributed by atoms with E-state index in [0.29, 0.717) is 16.5 Å². The van der Waals surface area contributed by atoms with E-state index < -0.39 is 0 Å². The van der Waals surface area contributed by atoms with Crippen LogP contribution in [0.5, 0.6) is 0 Å². The van der Waals surface area contributed by atoms with Crippen LogP contribution in [-0.4, -0.2) is 21.5 Å². The van der Waals surface area contributed by atoms with Crippen LogP contribution in [0.1, 0.15) is 12.0 Å². The summed E-state index contributed by atoms with van der Waals surface area (Å²) in [6, 6.07) is 18.1. The minimum atomic E-state index is -0.390. The van der Waals surface area contributed by atoms with Crippen LogP contribution in [0, 0.1) is 0 Å². The first kappa shape index (κ1) is 17.0. The lowest BCUT2D eigenvalue weighted by Crippen LogP contribution is -2.28. The Bertz CT molecular complexity index is 1250. The number of benzene rings is 2. The van der Waals surface area contributed by atoms with Crippen LogP contribution in [0.4, 0.5) is 11.5 Å². The maximum atomic E-state index is 12.1. The van der Waals surface area contributed by atoms with Crippen LogP contribution in [0.3, 0.4) is 0 Å². The summed E-state index contributed by atoms with van der Waals surface area (Å²) in [4.78, 5) is 25.6. The fourth-order valence-electron chi connectivity index (χ4n) is 3.82. The van der Waals surface area contributed by atoms with Crippen LogP contribution in [0.15, 0.2) is 65.6 Å². The van der Waals surface area contributed by atoms with Crippen LogP contribution >= 0.6 is 11.6 Å². The number of anilines is 2. The van der Waals surface area contributed by atoms with Gasteiger partial charge in [0.1, 0.15) is 11.5 Å². The molecule has 0 fully saturated rings. The number of rotatable bonds is 2. The Labute approximate surface area is 166 Å². The van der Waals surface area contributed by atoms with Gasteiger partial charge >= 0.3 is 5.69 Å². The molecule has 0 aliphatic carbocycles. The minimum absolute atomic E-state index is 0.390. The van der Waals surface area contributed by atoms with Gasteiger partial charge in [-0.15, -0.1) is 0 Å². The average Bonchev–Trinajstić information content (AvgIpc) is 2.72. The molecular formula is C22H17ClN4O. The number of H-pyrrole nitrogens is 1. The molecular weight excluding hydrogens is 372 g/mol. The SMILES string of the molecule is O=c1nc(N2CCCc3ccc(-c4cccc(Cl)c4)cc32)c2cccnc2[nH]1. The number of halogens is 1. The van der Waals surface area contributed by atoms with Crippen molar-refractivity contribution >= 4 is 34.1 Å². The van der Waals surface area contributed by atoms with E-state index in [1.165, 1.54) is 5.56 Å². The molecule has 6 heteroatoms. The van der Waals surface area contributed by atoms with Gasteiger partial charge in [0.25, 0.3) is 0 Å². The zero-order chi connectivity index (χ0) is 19.1. The van der Waals surface area contributed by atoms with E-state index in [4.69, 9.17) is 11.6 Å². The van der Waals surface area contributed by atoms with E-state index in [1.807, 2.05) is 36.4 Å². The maximum Gasteiger partial charge on any atom is 0.348 e. The van der Waals surface area contributed by atoms with Gasteiger partial charge in [0.2, 0.25) is 0 Å². The molecule has 4 aromatic rings. The van der Waals surface area contributed by atoms with Gasteiger partial charge < -0.3 is 4.90 Å². The van der Waals surface area contributed by atoms with Crippen molar-refractivity contribution in [3.8, 4) is 11.1 Å². The smallest absolute Gasteiger partial charge is 0.325 e. The third-order valence-corrected chi connectivity index (χ3v) is 5.33. The Balaban J connectivity index is 1.69. The molecule has 1 aliphatic heterocycles. The summed E-state index contributed by atoms with van der Waals surface area (Å²) in [6.07, 6.45) is 3.67. The number of fused-ring (bicyclic) bond motifs is 2. The molecule has 5 rings (SSSR count). The number of aromatic amines is 1. The van der Waals surface area contributed by atoms with E-state index in [0.717, 1.165) is 41.6 Å². The number of nitrogens with one attached hydrogen (secondary N) is 1. The summed E-state index contributed by atoms with van der Waals surface area (Å²) in [6.45, 7) is 0.798. The molecule has 2 aromatic heterocycles. The van der Waals surface area contributed by atoms with Gasteiger partial charge in [-0.05, 0) is 59.9 Å². The van der Waals surface area contributed by atoms with Gasteiger partial charge in [0.05, 0.1) is 5.39 Å². The van der Waals surface area contributed by atoms with Gasteiger partial charge in [0, 0.05) is 23.5 Å². The predicted molar refractivity (Wildman–Crippen MR) is 112 cm³/mol. The standard InChI is InChI=1S/C22H17ClN4O/c23-17-6-1-4-15(12-17)16-9-8-14-5-3-11-27(19(14)13-16)21-18-7-2-10-24-20(18)25-22(28)26-21/h1-2,4,6-10,12-13H,3,5,11H2,(H,24,25,26,28). The highest BCUT2D eigenvalue weighted by Gasteiger charge is 2.22. The largest absolute Gasteiger partial charge is 0.348 e. The first-order valence-corrected chi connectivity index (χ1v) is 9.58. The molecule has 0 bridgehead atoms.